The molecule has 0 amide bonds. The molecule has 2 atom stereocenters. The molecular weight excluding hydrogens is 342 g/mol. The highest BCUT2D eigenvalue weighted by Gasteiger charge is 2.32. The van der Waals surface area contributed by atoms with Gasteiger partial charge < -0.3 is 18.8 Å². The van der Waals surface area contributed by atoms with Crippen molar-refractivity contribution >= 4 is 0 Å². The highest BCUT2D eigenvalue weighted by molar-refractivity contribution is 5.72. The topological polar surface area (TPSA) is 58.4 Å². The standard InChI is InChI=1S/C21H23N3O3/c1-25-18-4-3-5-19(26-2)20(18)21-23-10-11-24(21)17-14-27-13-16(17)12-15-6-8-22-9-7-15/h3-11,16-17H,12-14H2,1-2H3/t16-,17-/m1/s1. The first-order chi connectivity index (χ1) is 13.3. The van der Waals surface area contributed by atoms with Crippen LogP contribution >= 0.6 is 0 Å². The van der Waals surface area contributed by atoms with Gasteiger partial charge in [-0.2, -0.15) is 0 Å². The lowest BCUT2D eigenvalue weighted by Gasteiger charge is -2.22. The second-order valence-corrected chi connectivity index (χ2v) is 6.62. The van der Waals surface area contributed by atoms with Crippen LogP contribution in [0.15, 0.2) is 55.1 Å². The summed E-state index contributed by atoms with van der Waals surface area (Å²) < 4.78 is 19.2. The van der Waals surface area contributed by atoms with Crippen LogP contribution in [0.5, 0.6) is 11.5 Å². The van der Waals surface area contributed by atoms with Crippen molar-refractivity contribution in [1.82, 2.24) is 14.5 Å². The molecule has 3 aromatic rings. The van der Waals surface area contributed by atoms with Gasteiger partial charge in [-0.15, -0.1) is 0 Å². The Labute approximate surface area is 158 Å². The maximum Gasteiger partial charge on any atom is 0.147 e. The Balaban J connectivity index is 1.70. The molecule has 1 aliphatic heterocycles. The summed E-state index contributed by atoms with van der Waals surface area (Å²) in [5.41, 5.74) is 2.13. The highest BCUT2D eigenvalue weighted by atomic mass is 16.5. The molecular formula is C21H23N3O3. The number of ether oxygens (including phenoxy) is 3. The summed E-state index contributed by atoms with van der Waals surface area (Å²) in [6.07, 6.45) is 8.45. The van der Waals surface area contributed by atoms with Crippen molar-refractivity contribution in [2.24, 2.45) is 5.92 Å². The zero-order chi connectivity index (χ0) is 18.6. The van der Waals surface area contributed by atoms with Crippen LogP contribution in [0.4, 0.5) is 0 Å². The van der Waals surface area contributed by atoms with Crippen LogP contribution in [0.3, 0.4) is 0 Å². The molecule has 1 saturated heterocycles. The maximum absolute atomic E-state index is 5.84. The van der Waals surface area contributed by atoms with Crippen LogP contribution in [0.25, 0.3) is 11.4 Å². The van der Waals surface area contributed by atoms with E-state index in [2.05, 4.69) is 26.7 Å². The summed E-state index contributed by atoms with van der Waals surface area (Å²) in [4.78, 5) is 8.73. The Kier molecular flexibility index (Phi) is 5.07. The molecule has 140 valence electrons. The first-order valence-corrected chi connectivity index (χ1v) is 9.02. The third-order valence-electron chi connectivity index (χ3n) is 5.09. The van der Waals surface area contributed by atoms with Gasteiger partial charge in [0.2, 0.25) is 0 Å². The molecule has 4 rings (SSSR count). The number of imidazole rings is 1. The van der Waals surface area contributed by atoms with E-state index >= 15 is 0 Å². The van der Waals surface area contributed by atoms with Gasteiger partial charge in [0.15, 0.2) is 0 Å². The van der Waals surface area contributed by atoms with E-state index in [1.54, 1.807) is 14.2 Å². The number of methoxy groups -OCH3 is 2. The number of hydrogen-bond donors (Lipinski definition) is 0. The monoisotopic (exact) mass is 365 g/mol. The van der Waals surface area contributed by atoms with Crippen LogP contribution in [0.1, 0.15) is 11.6 Å². The minimum absolute atomic E-state index is 0.199. The van der Waals surface area contributed by atoms with Crippen LogP contribution in [-0.4, -0.2) is 42.0 Å². The molecule has 0 spiro atoms. The number of benzene rings is 1. The summed E-state index contributed by atoms with van der Waals surface area (Å²) in [6.45, 7) is 1.39. The number of aromatic nitrogens is 3. The van der Waals surface area contributed by atoms with Crippen molar-refractivity contribution in [3.05, 3.63) is 60.7 Å². The van der Waals surface area contributed by atoms with Crippen LogP contribution in [-0.2, 0) is 11.2 Å². The first-order valence-electron chi connectivity index (χ1n) is 9.02. The molecule has 2 aromatic heterocycles. The zero-order valence-corrected chi connectivity index (χ0v) is 15.5. The molecule has 27 heavy (non-hydrogen) atoms. The molecule has 1 fully saturated rings. The number of nitrogens with zero attached hydrogens (tertiary/aromatic N) is 3. The lowest BCUT2D eigenvalue weighted by atomic mass is 9.95. The maximum atomic E-state index is 5.84. The van der Waals surface area contributed by atoms with E-state index in [-0.39, 0.29) is 6.04 Å². The van der Waals surface area contributed by atoms with Crippen molar-refractivity contribution in [3.63, 3.8) is 0 Å². The van der Waals surface area contributed by atoms with Gasteiger partial charge in [-0.3, -0.25) is 4.98 Å². The van der Waals surface area contributed by atoms with Crippen molar-refractivity contribution in [2.45, 2.75) is 12.5 Å². The molecule has 0 unspecified atom stereocenters. The van der Waals surface area contributed by atoms with Crippen molar-refractivity contribution in [3.8, 4) is 22.9 Å². The van der Waals surface area contributed by atoms with Crippen LogP contribution in [0, 0.1) is 5.92 Å². The van der Waals surface area contributed by atoms with Gasteiger partial charge in [-0.1, -0.05) is 6.07 Å². The summed E-state index contributed by atoms with van der Waals surface area (Å²) in [7, 11) is 3.33. The number of hydrogen-bond acceptors (Lipinski definition) is 5. The number of rotatable bonds is 6. The minimum atomic E-state index is 0.199. The van der Waals surface area contributed by atoms with Crippen LogP contribution in [0.2, 0.25) is 0 Å². The van der Waals surface area contributed by atoms with E-state index in [1.165, 1.54) is 5.56 Å². The lowest BCUT2D eigenvalue weighted by molar-refractivity contribution is 0.181. The van der Waals surface area contributed by atoms with E-state index in [1.807, 2.05) is 43.0 Å². The zero-order valence-electron chi connectivity index (χ0n) is 15.5. The summed E-state index contributed by atoms with van der Waals surface area (Å²) in [6, 6.07) is 10.1. The highest BCUT2D eigenvalue weighted by Crippen LogP contribution is 2.40. The van der Waals surface area contributed by atoms with Gasteiger partial charge in [-0.05, 0) is 36.2 Å². The third-order valence-corrected chi connectivity index (χ3v) is 5.09. The van der Waals surface area contributed by atoms with Crippen LogP contribution < -0.4 is 9.47 Å². The molecule has 1 aromatic carbocycles. The summed E-state index contributed by atoms with van der Waals surface area (Å²) in [5, 5.41) is 0. The first kappa shape index (κ1) is 17.5. The predicted molar refractivity (Wildman–Crippen MR) is 102 cm³/mol. The van der Waals surface area contributed by atoms with E-state index in [9.17, 15) is 0 Å². The van der Waals surface area contributed by atoms with Crippen molar-refractivity contribution in [1.29, 1.82) is 0 Å². The second-order valence-electron chi connectivity index (χ2n) is 6.62. The van der Waals surface area contributed by atoms with Gasteiger partial charge in [-0.25, -0.2) is 4.98 Å². The lowest BCUT2D eigenvalue weighted by Crippen LogP contribution is -2.20. The molecule has 3 heterocycles. The van der Waals surface area contributed by atoms with E-state index in [4.69, 9.17) is 14.2 Å². The minimum Gasteiger partial charge on any atom is -0.496 e. The van der Waals surface area contributed by atoms with E-state index in [0.29, 0.717) is 12.5 Å². The SMILES string of the molecule is COc1cccc(OC)c1-c1nccn1[C@@H]1COC[C@H]1Cc1ccncc1. The molecule has 1 aliphatic rings. The normalized spacial score (nSPS) is 19.2. The Morgan fingerprint density at radius 1 is 1.04 bits per heavy atom. The predicted octanol–water partition coefficient (Wildman–Crippen LogP) is 3.39. The molecule has 0 N–H and O–H groups in total. The average molecular weight is 365 g/mol. The van der Waals surface area contributed by atoms with Gasteiger partial charge in [0, 0.05) is 30.7 Å². The molecule has 0 radical (unpaired) electrons. The fraction of sp³-hybridized carbons (Fsp3) is 0.333. The molecule has 0 saturated carbocycles. The molecule has 0 aliphatic carbocycles. The van der Waals surface area contributed by atoms with Gasteiger partial charge in [0.25, 0.3) is 0 Å². The molecule has 0 bridgehead atoms. The Morgan fingerprint density at radius 3 is 2.48 bits per heavy atom. The average Bonchev–Trinajstić information content (AvgIpc) is 3.37. The second kappa shape index (κ2) is 7.80. The number of pyridine rings is 1. The smallest absolute Gasteiger partial charge is 0.147 e. The Morgan fingerprint density at radius 2 is 1.78 bits per heavy atom. The van der Waals surface area contributed by atoms with E-state index < -0.39 is 0 Å². The molecule has 6 nitrogen and oxygen atoms in total. The van der Waals surface area contributed by atoms with Gasteiger partial charge in [0.1, 0.15) is 22.9 Å². The Bertz CT molecular complexity index is 872. The van der Waals surface area contributed by atoms with Crippen molar-refractivity contribution < 1.29 is 14.2 Å². The fourth-order valence-corrected chi connectivity index (χ4v) is 3.76. The summed E-state index contributed by atoms with van der Waals surface area (Å²) in [5.74, 6) is 2.68. The third kappa shape index (κ3) is 3.40. The van der Waals surface area contributed by atoms with E-state index in [0.717, 1.165) is 35.9 Å². The van der Waals surface area contributed by atoms with Gasteiger partial charge >= 0.3 is 0 Å². The molecule has 6 heteroatoms. The fourth-order valence-electron chi connectivity index (χ4n) is 3.76. The van der Waals surface area contributed by atoms with Crippen molar-refractivity contribution in [2.75, 3.05) is 27.4 Å². The summed E-state index contributed by atoms with van der Waals surface area (Å²) >= 11 is 0. The quantitative estimate of drug-likeness (QED) is 0.670. The van der Waals surface area contributed by atoms with Gasteiger partial charge in [0.05, 0.1) is 33.5 Å². The largest absolute Gasteiger partial charge is 0.496 e. The Hall–Kier alpha value is -2.86.